The monoisotopic (exact) mass is 477 g/mol. The van der Waals surface area contributed by atoms with Crippen molar-refractivity contribution in [3.05, 3.63) is 64.7 Å². The fourth-order valence-electron chi connectivity index (χ4n) is 3.46. The fourth-order valence-corrected chi connectivity index (χ4v) is 5.05. The zero-order chi connectivity index (χ0) is 23.5. The SMILES string of the molecule is CC(=O)N1CCN(C(=O)C(NC(=O)c2ccccc2C)S(=O)(=O)c2ccc(Cl)cc2)CC1. The predicted molar refractivity (Wildman–Crippen MR) is 120 cm³/mol. The molecule has 170 valence electrons. The van der Waals surface area contributed by atoms with Gasteiger partial charge in [-0.05, 0) is 42.8 Å². The molecule has 1 saturated heterocycles. The Morgan fingerprint density at radius 1 is 0.938 bits per heavy atom. The van der Waals surface area contributed by atoms with Gasteiger partial charge < -0.3 is 15.1 Å². The molecule has 0 saturated carbocycles. The highest BCUT2D eigenvalue weighted by molar-refractivity contribution is 7.92. The van der Waals surface area contributed by atoms with Crippen LogP contribution in [0.3, 0.4) is 0 Å². The van der Waals surface area contributed by atoms with Gasteiger partial charge >= 0.3 is 0 Å². The van der Waals surface area contributed by atoms with E-state index in [9.17, 15) is 22.8 Å². The second-order valence-corrected chi connectivity index (χ2v) is 9.97. The van der Waals surface area contributed by atoms with E-state index >= 15 is 0 Å². The van der Waals surface area contributed by atoms with E-state index in [0.717, 1.165) is 0 Å². The number of amides is 3. The number of aryl methyl sites for hydroxylation is 1. The Balaban J connectivity index is 1.93. The van der Waals surface area contributed by atoms with E-state index < -0.39 is 27.0 Å². The van der Waals surface area contributed by atoms with Crippen molar-refractivity contribution < 1.29 is 22.8 Å². The van der Waals surface area contributed by atoms with Gasteiger partial charge in [-0.2, -0.15) is 0 Å². The third-order valence-electron chi connectivity index (χ3n) is 5.37. The van der Waals surface area contributed by atoms with Crippen LogP contribution in [0, 0.1) is 6.92 Å². The summed E-state index contributed by atoms with van der Waals surface area (Å²) in [5.74, 6) is -1.53. The Labute approximate surface area is 192 Å². The number of piperazine rings is 1. The first-order valence-electron chi connectivity index (χ1n) is 10.0. The van der Waals surface area contributed by atoms with E-state index in [2.05, 4.69) is 5.32 Å². The first kappa shape index (κ1) is 23.7. The van der Waals surface area contributed by atoms with E-state index in [0.29, 0.717) is 23.7 Å². The van der Waals surface area contributed by atoms with Crippen molar-refractivity contribution in [1.82, 2.24) is 15.1 Å². The van der Waals surface area contributed by atoms with Crippen LogP contribution in [-0.2, 0) is 19.4 Å². The lowest BCUT2D eigenvalue weighted by Crippen LogP contribution is -2.57. The molecule has 1 N–H and O–H groups in total. The number of nitrogens with one attached hydrogen (secondary N) is 1. The standard InChI is InChI=1S/C22H24ClN3O5S/c1-15-5-3-4-6-19(15)20(28)24-21(32(30,31)18-9-7-17(23)8-10-18)22(29)26-13-11-25(12-14-26)16(2)27/h3-10,21H,11-14H2,1-2H3,(H,24,28). The van der Waals surface area contributed by atoms with E-state index in [4.69, 9.17) is 11.6 Å². The summed E-state index contributed by atoms with van der Waals surface area (Å²) < 4.78 is 26.8. The minimum Gasteiger partial charge on any atom is -0.339 e. The molecule has 32 heavy (non-hydrogen) atoms. The lowest BCUT2D eigenvalue weighted by molar-refractivity contribution is -0.138. The summed E-state index contributed by atoms with van der Waals surface area (Å²) >= 11 is 5.87. The summed E-state index contributed by atoms with van der Waals surface area (Å²) in [7, 11) is -4.27. The molecule has 0 aliphatic carbocycles. The fraction of sp³-hybridized carbons (Fsp3) is 0.318. The molecular weight excluding hydrogens is 454 g/mol. The molecule has 1 atom stereocenters. The van der Waals surface area contributed by atoms with Gasteiger partial charge in [0, 0.05) is 43.7 Å². The number of hydrogen-bond acceptors (Lipinski definition) is 5. The van der Waals surface area contributed by atoms with E-state index in [-0.39, 0.29) is 29.5 Å². The molecule has 1 unspecified atom stereocenters. The minimum absolute atomic E-state index is 0.115. The van der Waals surface area contributed by atoms with Crippen molar-refractivity contribution in [2.24, 2.45) is 0 Å². The molecule has 0 bridgehead atoms. The summed E-state index contributed by atoms with van der Waals surface area (Å²) in [6.45, 7) is 4.09. The van der Waals surface area contributed by atoms with Crippen LogP contribution in [0.2, 0.25) is 5.02 Å². The molecule has 0 spiro atoms. The summed E-state index contributed by atoms with van der Waals surface area (Å²) in [6.07, 6.45) is 0. The highest BCUT2D eigenvalue weighted by Crippen LogP contribution is 2.21. The smallest absolute Gasteiger partial charge is 0.261 e. The van der Waals surface area contributed by atoms with Crippen LogP contribution in [0.4, 0.5) is 0 Å². The van der Waals surface area contributed by atoms with Gasteiger partial charge in [0.2, 0.25) is 21.1 Å². The van der Waals surface area contributed by atoms with Crippen molar-refractivity contribution in [2.75, 3.05) is 26.2 Å². The van der Waals surface area contributed by atoms with Crippen LogP contribution in [0.15, 0.2) is 53.4 Å². The molecular formula is C22H24ClN3O5S. The maximum atomic E-state index is 13.4. The zero-order valence-electron chi connectivity index (χ0n) is 17.7. The second kappa shape index (κ2) is 9.70. The highest BCUT2D eigenvalue weighted by Gasteiger charge is 2.39. The Morgan fingerprint density at radius 2 is 1.50 bits per heavy atom. The largest absolute Gasteiger partial charge is 0.339 e. The second-order valence-electron chi connectivity index (χ2n) is 7.50. The molecule has 10 heteroatoms. The Bertz CT molecular complexity index is 1130. The van der Waals surface area contributed by atoms with Crippen LogP contribution in [0.5, 0.6) is 0 Å². The Kier molecular flexibility index (Phi) is 7.20. The number of sulfone groups is 1. The number of rotatable bonds is 5. The van der Waals surface area contributed by atoms with Gasteiger partial charge in [0.15, 0.2) is 0 Å². The summed E-state index contributed by atoms with van der Waals surface area (Å²) in [5, 5.41) is 0.951. The number of carbonyl (C=O) groups is 3. The van der Waals surface area contributed by atoms with Gasteiger partial charge in [-0.3, -0.25) is 14.4 Å². The molecule has 1 aliphatic heterocycles. The molecule has 2 aromatic carbocycles. The first-order chi connectivity index (χ1) is 15.1. The van der Waals surface area contributed by atoms with Gasteiger partial charge in [-0.1, -0.05) is 29.8 Å². The number of benzene rings is 2. The van der Waals surface area contributed by atoms with Crippen molar-refractivity contribution in [3.8, 4) is 0 Å². The maximum Gasteiger partial charge on any atom is 0.261 e. The lowest BCUT2D eigenvalue weighted by atomic mass is 10.1. The maximum absolute atomic E-state index is 13.4. The van der Waals surface area contributed by atoms with Crippen molar-refractivity contribution in [1.29, 1.82) is 0 Å². The molecule has 1 heterocycles. The van der Waals surface area contributed by atoms with Crippen LogP contribution < -0.4 is 5.32 Å². The average molecular weight is 478 g/mol. The summed E-state index contributed by atoms with van der Waals surface area (Å²) in [4.78, 5) is 40.6. The molecule has 2 aromatic rings. The van der Waals surface area contributed by atoms with Crippen molar-refractivity contribution >= 4 is 39.2 Å². The lowest BCUT2D eigenvalue weighted by Gasteiger charge is -2.36. The predicted octanol–water partition coefficient (Wildman–Crippen LogP) is 1.87. The van der Waals surface area contributed by atoms with E-state index in [1.807, 2.05) is 0 Å². The average Bonchev–Trinajstić information content (AvgIpc) is 2.77. The van der Waals surface area contributed by atoms with Crippen LogP contribution in [0.25, 0.3) is 0 Å². The first-order valence-corrected chi connectivity index (χ1v) is 11.9. The molecule has 3 rings (SSSR count). The Hall–Kier alpha value is -2.91. The molecule has 1 aliphatic rings. The van der Waals surface area contributed by atoms with Gasteiger partial charge in [0.1, 0.15) is 0 Å². The van der Waals surface area contributed by atoms with Gasteiger partial charge in [0.25, 0.3) is 11.8 Å². The number of hydrogen-bond donors (Lipinski definition) is 1. The highest BCUT2D eigenvalue weighted by atomic mass is 35.5. The van der Waals surface area contributed by atoms with Crippen LogP contribution in [0.1, 0.15) is 22.8 Å². The third-order valence-corrected chi connectivity index (χ3v) is 7.49. The number of carbonyl (C=O) groups excluding carboxylic acids is 3. The van der Waals surface area contributed by atoms with Gasteiger partial charge in [-0.25, -0.2) is 8.42 Å². The van der Waals surface area contributed by atoms with E-state index in [1.165, 1.54) is 36.1 Å². The normalized spacial score (nSPS) is 15.2. The van der Waals surface area contributed by atoms with E-state index in [1.54, 1.807) is 36.1 Å². The molecule has 8 nitrogen and oxygen atoms in total. The molecule has 3 amide bonds. The number of halogens is 1. The van der Waals surface area contributed by atoms with Crippen LogP contribution in [-0.4, -0.2) is 67.5 Å². The molecule has 0 radical (unpaired) electrons. The summed E-state index contributed by atoms with van der Waals surface area (Å²) in [5.41, 5.74) is 0.924. The number of nitrogens with zero attached hydrogens (tertiary/aromatic N) is 2. The van der Waals surface area contributed by atoms with Crippen molar-refractivity contribution in [2.45, 2.75) is 24.1 Å². The van der Waals surface area contributed by atoms with Gasteiger partial charge in [0.05, 0.1) is 4.90 Å². The Morgan fingerprint density at radius 3 is 2.06 bits per heavy atom. The quantitative estimate of drug-likeness (QED) is 0.708. The summed E-state index contributed by atoms with van der Waals surface area (Å²) in [6, 6.07) is 12.1. The minimum atomic E-state index is -4.27. The van der Waals surface area contributed by atoms with Crippen molar-refractivity contribution in [3.63, 3.8) is 0 Å². The zero-order valence-corrected chi connectivity index (χ0v) is 19.3. The topological polar surface area (TPSA) is 104 Å². The molecule has 0 aromatic heterocycles. The van der Waals surface area contributed by atoms with Crippen LogP contribution >= 0.6 is 11.6 Å². The van der Waals surface area contributed by atoms with Gasteiger partial charge in [-0.15, -0.1) is 0 Å². The third kappa shape index (κ3) is 5.11. The molecule has 1 fully saturated rings.